The molecule has 0 atom stereocenters. The van der Waals surface area contributed by atoms with E-state index in [4.69, 9.17) is 5.11 Å². The molecule has 0 aliphatic heterocycles. The second-order valence-corrected chi connectivity index (χ2v) is 4.21. The molecule has 1 rings (SSSR count). The number of aromatic nitrogens is 2. The van der Waals surface area contributed by atoms with Crippen LogP contribution in [0.5, 0.6) is 0 Å². The number of aliphatic hydroxyl groups excluding tert-OH is 1. The summed E-state index contributed by atoms with van der Waals surface area (Å²) in [5, 5.41) is 13.0. The number of nitrogens with zero attached hydrogens (tertiary/aromatic N) is 2. The van der Waals surface area contributed by atoms with Crippen LogP contribution in [0, 0.1) is 6.20 Å². The number of aryl methyl sites for hydroxylation is 1. The molecule has 1 aromatic heterocycles. The Kier molecular flexibility index (Phi) is 3.09. The van der Waals surface area contributed by atoms with Gasteiger partial charge in [0.2, 0.25) is 0 Å². The molecule has 3 heteroatoms. The molecular formula is C10H17N2O. The van der Waals surface area contributed by atoms with Crippen molar-refractivity contribution >= 4 is 0 Å². The van der Waals surface area contributed by atoms with Crippen LogP contribution in [0.15, 0.2) is 6.07 Å². The van der Waals surface area contributed by atoms with Crippen molar-refractivity contribution in [2.45, 2.75) is 39.2 Å². The highest BCUT2D eigenvalue weighted by molar-refractivity contribution is 5.09. The predicted molar refractivity (Wildman–Crippen MR) is 51.5 cm³/mol. The molecule has 13 heavy (non-hydrogen) atoms. The summed E-state index contributed by atoms with van der Waals surface area (Å²) in [5.41, 5.74) is 1.13. The molecule has 1 heterocycles. The fourth-order valence-corrected chi connectivity index (χ4v) is 1.02. The first-order valence-corrected chi connectivity index (χ1v) is 4.61. The van der Waals surface area contributed by atoms with E-state index in [0.717, 1.165) is 18.7 Å². The second-order valence-electron chi connectivity index (χ2n) is 4.21. The van der Waals surface area contributed by atoms with Gasteiger partial charge >= 0.3 is 0 Å². The van der Waals surface area contributed by atoms with Gasteiger partial charge in [-0.05, 0) is 12.5 Å². The van der Waals surface area contributed by atoms with Crippen LogP contribution >= 0.6 is 0 Å². The lowest BCUT2D eigenvalue weighted by Gasteiger charge is -2.14. The highest BCUT2D eigenvalue weighted by Gasteiger charge is 2.16. The van der Waals surface area contributed by atoms with Crippen LogP contribution in [0.1, 0.15) is 32.9 Å². The van der Waals surface area contributed by atoms with Crippen LogP contribution in [-0.4, -0.2) is 21.5 Å². The summed E-state index contributed by atoms with van der Waals surface area (Å²) in [6, 6.07) is 1.91. The van der Waals surface area contributed by atoms with Gasteiger partial charge in [0.05, 0.1) is 11.9 Å². The van der Waals surface area contributed by atoms with E-state index < -0.39 is 0 Å². The van der Waals surface area contributed by atoms with E-state index in [0.29, 0.717) is 0 Å². The summed E-state index contributed by atoms with van der Waals surface area (Å²) in [5.74, 6) is 0. The first kappa shape index (κ1) is 10.3. The molecule has 0 unspecified atom stereocenters. The summed E-state index contributed by atoms with van der Waals surface area (Å²) in [7, 11) is 0. The van der Waals surface area contributed by atoms with Crippen LogP contribution in [0.3, 0.4) is 0 Å². The number of aliphatic hydroxyl groups is 1. The zero-order valence-electron chi connectivity index (χ0n) is 8.54. The largest absolute Gasteiger partial charge is 0.396 e. The third kappa shape index (κ3) is 2.84. The fraction of sp³-hybridized carbons (Fsp3) is 0.700. The van der Waals surface area contributed by atoms with E-state index in [1.807, 2.05) is 6.07 Å². The summed E-state index contributed by atoms with van der Waals surface area (Å²) in [6.45, 7) is 7.32. The molecule has 0 bridgehead atoms. The topological polar surface area (TPSA) is 38.0 Å². The van der Waals surface area contributed by atoms with E-state index in [1.54, 1.807) is 4.68 Å². The van der Waals surface area contributed by atoms with Crippen molar-refractivity contribution in [2.75, 3.05) is 6.61 Å². The molecular weight excluding hydrogens is 164 g/mol. The Morgan fingerprint density at radius 3 is 2.69 bits per heavy atom. The average Bonchev–Trinajstić information content (AvgIpc) is 2.47. The summed E-state index contributed by atoms with van der Waals surface area (Å²) in [4.78, 5) is 0. The van der Waals surface area contributed by atoms with Crippen molar-refractivity contribution in [3.8, 4) is 0 Å². The lowest BCUT2D eigenvalue weighted by molar-refractivity contribution is 0.276. The molecule has 0 aromatic carbocycles. The Bertz CT molecular complexity index is 260. The molecule has 73 valence electrons. The molecule has 1 N–H and O–H groups in total. The van der Waals surface area contributed by atoms with Crippen LogP contribution in [0.25, 0.3) is 0 Å². The van der Waals surface area contributed by atoms with Gasteiger partial charge in [0.1, 0.15) is 0 Å². The maximum absolute atomic E-state index is 8.64. The molecule has 0 saturated heterocycles. The van der Waals surface area contributed by atoms with Crippen molar-refractivity contribution in [1.29, 1.82) is 0 Å². The van der Waals surface area contributed by atoms with Gasteiger partial charge in [-0.15, -0.1) is 0 Å². The zero-order chi connectivity index (χ0) is 9.90. The molecule has 3 nitrogen and oxygen atoms in total. The average molecular weight is 181 g/mol. The standard InChI is InChI=1S/C10H17N2O/c1-10(2,3)9-5-7-12(11-9)6-4-8-13/h5,13H,4,6,8H2,1-3H3. The van der Waals surface area contributed by atoms with Crippen molar-refractivity contribution in [1.82, 2.24) is 9.78 Å². The minimum atomic E-state index is 0.0843. The number of hydrogen-bond donors (Lipinski definition) is 1. The molecule has 0 fully saturated rings. The van der Waals surface area contributed by atoms with Crippen LogP contribution in [0.2, 0.25) is 0 Å². The molecule has 0 amide bonds. The maximum atomic E-state index is 8.64. The minimum Gasteiger partial charge on any atom is -0.396 e. The molecule has 0 aliphatic rings. The third-order valence-corrected chi connectivity index (χ3v) is 1.88. The van der Waals surface area contributed by atoms with Gasteiger partial charge in [-0.3, -0.25) is 4.68 Å². The summed E-state index contributed by atoms with van der Waals surface area (Å²) < 4.78 is 1.76. The van der Waals surface area contributed by atoms with Gasteiger partial charge in [-0.2, -0.15) is 5.10 Å². The Morgan fingerprint density at radius 2 is 2.23 bits per heavy atom. The van der Waals surface area contributed by atoms with Gasteiger partial charge < -0.3 is 5.11 Å². The highest BCUT2D eigenvalue weighted by atomic mass is 16.3. The van der Waals surface area contributed by atoms with Gasteiger partial charge in [0, 0.05) is 18.6 Å². The van der Waals surface area contributed by atoms with E-state index in [-0.39, 0.29) is 12.0 Å². The van der Waals surface area contributed by atoms with E-state index in [1.165, 1.54) is 0 Å². The number of rotatable bonds is 3. The van der Waals surface area contributed by atoms with Crippen molar-refractivity contribution in [3.05, 3.63) is 18.0 Å². The second kappa shape index (κ2) is 3.92. The van der Waals surface area contributed by atoms with E-state index in [2.05, 4.69) is 32.1 Å². The van der Waals surface area contributed by atoms with Crippen molar-refractivity contribution in [2.24, 2.45) is 0 Å². The first-order valence-electron chi connectivity index (χ1n) is 4.61. The monoisotopic (exact) mass is 181 g/mol. The lowest BCUT2D eigenvalue weighted by atomic mass is 9.93. The molecule has 0 spiro atoms. The lowest BCUT2D eigenvalue weighted by Crippen LogP contribution is -2.13. The summed E-state index contributed by atoms with van der Waals surface area (Å²) in [6.07, 6.45) is 3.78. The Morgan fingerprint density at radius 1 is 1.54 bits per heavy atom. The van der Waals surface area contributed by atoms with Crippen LogP contribution in [-0.2, 0) is 12.0 Å². The van der Waals surface area contributed by atoms with Gasteiger partial charge in [0.15, 0.2) is 0 Å². The van der Waals surface area contributed by atoms with Crippen LogP contribution in [0.4, 0.5) is 0 Å². The van der Waals surface area contributed by atoms with Crippen molar-refractivity contribution < 1.29 is 5.11 Å². The highest BCUT2D eigenvalue weighted by Crippen LogP contribution is 2.19. The minimum absolute atomic E-state index is 0.0843. The van der Waals surface area contributed by atoms with E-state index in [9.17, 15) is 0 Å². The van der Waals surface area contributed by atoms with Crippen LogP contribution < -0.4 is 0 Å². The number of hydrogen-bond acceptors (Lipinski definition) is 2. The van der Waals surface area contributed by atoms with E-state index >= 15 is 0 Å². The fourth-order valence-electron chi connectivity index (χ4n) is 1.02. The Hall–Kier alpha value is -0.830. The van der Waals surface area contributed by atoms with Crippen molar-refractivity contribution in [3.63, 3.8) is 0 Å². The maximum Gasteiger partial charge on any atom is 0.0866 e. The predicted octanol–water partition coefficient (Wildman–Crippen LogP) is 1.36. The SMILES string of the molecule is CC(C)(C)c1c[c]n(CCCO)n1. The van der Waals surface area contributed by atoms with Gasteiger partial charge in [-0.25, -0.2) is 0 Å². The normalized spacial score (nSPS) is 12.0. The smallest absolute Gasteiger partial charge is 0.0866 e. The molecule has 1 radical (unpaired) electrons. The zero-order valence-corrected chi connectivity index (χ0v) is 8.54. The Labute approximate surface area is 79.4 Å². The van der Waals surface area contributed by atoms with Gasteiger partial charge in [-0.1, -0.05) is 20.8 Å². The molecule has 1 aromatic rings. The molecule has 0 saturated carbocycles. The quantitative estimate of drug-likeness (QED) is 0.764. The Balaban J connectivity index is 2.64. The third-order valence-electron chi connectivity index (χ3n) is 1.88. The summed E-state index contributed by atoms with van der Waals surface area (Å²) >= 11 is 0. The molecule has 0 aliphatic carbocycles. The first-order chi connectivity index (χ1) is 6.04. The van der Waals surface area contributed by atoms with Gasteiger partial charge in [0.25, 0.3) is 0 Å².